The Balaban J connectivity index is 1.71. The third-order valence-electron chi connectivity index (χ3n) is 7.78. The van der Waals surface area contributed by atoms with Gasteiger partial charge in [0.15, 0.2) is 0 Å². The lowest BCUT2D eigenvalue weighted by molar-refractivity contribution is -0.143. The van der Waals surface area contributed by atoms with E-state index in [1.807, 2.05) is 12.1 Å². The maximum atomic E-state index is 13.9. The van der Waals surface area contributed by atoms with Gasteiger partial charge in [-0.2, -0.15) is 13.2 Å². The Hall–Kier alpha value is -4.13. The summed E-state index contributed by atoms with van der Waals surface area (Å²) >= 11 is 0. The molecule has 3 N–H and O–H groups in total. The molecule has 1 atom stereocenters. The molecule has 1 amide bonds. The molecule has 0 radical (unpaired) electrons. The number of amides is 1. The largest absolute Gasteiger partial charge is 0.491 e. The molecule has 0 unspecified atom stereocenters. The van der Waals surface area contributed by atoms with E-state index in [4.69, 9.17) is 14.2 Å². The van der Waals surface area contributed by atoms with Crippen LogP contribution in [0.3, 0.4) is 0 Å². The molecule has 0 aliphatic heterocycles. The van der Waals surface area contributed by atoms with Gasteiger partial charge in [0.2, 0.25) is 0 Å². The molecule has 1 aromatic heterocycles. The number of anilines is 2. The molecule has 10 nitrogen and oxygen atoms in total. The average molecular weight is 647 g/mol. The molecule has 1 aliphatic carbocycles. The summed E-state index contributed by atoms with van der Waals surface area (Å²) in [4.78, 5) is 33.1. The number of carbonyl (C=O) groups excluding carboxylic acids is 1. The van der Waals surface area contributed by atoms with Crippen LogP contribution in [0, 0.1) is 12.8 Å². The molecule has 1 aliphatic rings. The van der Waals surface area contributed by atoms with Crippen LogP contribution in [0.2, 0.25) is 0 Å². The second-order valence-corrected chi connectivity index (χ2v) is 12.6. The second kappa shape index (κ2) is 14.1. The zero-order valence-electron chi connectivity index (χ0n) is 26.9. The fourth-order valence-corrected chi connectivity index (χ4v) is 5.58. The number of ether oxygens (including phenoxy) is 3. The fourth-order valence-electron chi connectivity index (χ4n) is 5.58. The van der Waals surface area contributed by atoms with Crippen LogP contribution < -0.4 is 15.4 Å². The number of aromatic nitrogens is 2. The Morgan fingerprint density at radius 3 is 2.33 bits per heavy atom. The number of carboxylic acids is 1. The average Bonchev–Trinajstić information content (AvgIpc) is 2.95. The van der Waals surface area contributed by atoms with Gasteiger partial charge in [-0.05, 0) is 102 Å². The summed E-state index contributed by atoms with van der Waals surface area (Å²) in [6, 6.07) is 6.43. The molecule has 13 heteroatoms. The molecular weight excluding hydrogens is 605 g/mol. The molecular formula is C33H41F3N4O6. The van der Waals surface area contributed by atoms with Gasteiger partial charge < -0.3 is 24.6 Å². The van der Waals surface area contributed by atoms with E-state index in [9.17, 15) is 27.9 Å². The van der Waals surface area contributed by atoms with E-state index < -0.39 is 35.4 Å². The molecule has 2 aromatic carbocycles. The minimum Gasteiger partial charge on any atom is -0.491 e. The van der Waals surface area contributed by atoms with Crippen molar-refractivity contribution in [2.75, 3.05) is 31.0 Å². The third-order valence-corrected chi connectivity index (χ3v) is 7.78. The van der Waals surface area contributed by atoms with Crippen molar-refractivity contribution < 1.29 is 42.1 Å². The van der Waals surface area contributed by atoms with E-state index in [0.29, 0.717) is 67.2 Å². The highest BCUT2D eigenvalue weighted by Gasteiger charge is 2.33. The SMILES string of the molecule is COCCOc1cc2nc(C)nc(N[C@H](C)c3cc(NC(=O)OC(C)(C)C)cc(C(F)(F)F)c3)c2cc1C1CCC(C(=O)O)CC1. The van der Waals surface area contributed by atoms with E-state index in [0.717, 1.165) is 17.7 Å². The molecule has 1 saturated carbocycles. The van der Waals surface area contributed by atoms with Crippen LogP contribution in [-0.2, 0) is 20.4 Å². The van der Waals surface area contributed by atoms with Crippen LogP contribution >= 0.6 is 0 Å². The number of benzene rings is 2. The van der Waals surface area contributed by atoms with E-state index in [-0.39, 0.29) is 23.1 Å². The van der Waals surface area contributed by atoms with Crippen LogP contribution in [0.1, 0.15) is 87.9 Å². The number of nitrogens with one attached hydrogen (secondary N) is 2. The predicted octanol–water partition coefficient (Wildman–Crippen LogP) is 7.86. The Kier molecular flexibility index (Phi) is 10.7. The first-order valence-electron chi connectivity index (χ1n) is 15.2. The molecule has 1 heterocycles. The number of nitrogens with zero attached hydrogens (tertiary/aromatic N) is 2. The second-order valence-electron chi connectivity index (χ2n) is 12.6. The van der Waals surface area contributed by atoms with Crippen molar-refractivity contribution in [3.05, 3.63) is 52.8 Å². The van der Waals surface area contributed by atoms with Crippen LogP contribution in [0.15, 0.2) is 30.3 Å². The van der Waals surface area contributed by atoms with Crippen LogP contribution in [0.4, 0.5) is 29.5 Å². The number of carboxylic acid groups (broad SMARTS) is 1. The lowest BCUT2D eigenvalue weighted by Gasteiger charge is -2.28. The Bertz CT molecular complexity index is 1570. The molecule has 250 valence electrons. The van der Waals surface area contributed by atoms with Crippen molar-refractivity contribution in [1.29, 1.82) is 0 Å². The molecule has 0 spiro atoms. The number of rotatable bonds is 10. The number of halogens is 3. The van der Waals surface area contributed by atoms with Gasteiger partial charge in [-0.3, -0.25) is 10.1 Å². The number of carbonyl (C=O) groups is 2. The third kappa shape index (κ3) is 8.99. The van der Waals surface area contributed by atoms with Crippen molar-refractivity contribution in [3.8, 4) is 5.75 Å². The number of aliphatic carboxylic acids is 1. The van der Waals surface area contributed by atoms with Crippen molar-refractivity contribution >= 4 is 34.5 Å². The van der Waals surface area contributed by atoms with Gasteiger partial charge in [-0.15, -0.1) is 0 Å². The smallest absolute Gasteiger partial charge is 0.416 e. The van der Waals surface area contributed by atoms with Gasteiger partial charge >= 0.3 is 18.2 Å². The van der Waals surface area contributed by atoms with Gasteiger partial charge in [0.1, 0.15) is 29.6 Å². The monoisotopic (exact) mass is 646 g/mol. The minimum atomic E-state index is -4.66. The number of hydrogen-bond acceptors (Lipinski definition) is 8. The molecule has 1 fully saturated rings. The first-order valence-corrected chi connectivity index (χ1v) is 15.2. The van der Waals surface area contributed by atoms with Gasteiger partial charge in [0.05, 0.1) is 29.6 Å². The minimum absolute atomic E-state index is 0.0362. The number of alkyl halides is 3. The van der Waals surface area contributed by atoms with Gasteiger partial charge in [-0.1, -0.05) is 0 Å². The summed E-state index contributed by atoms with van der Waals surface area (Å²) in [5.74, 6) is 0.331. The van der Waals surface area contributed by atoms with Crippen molar-refractivity contribution in [2.45, 2.75) is 84.0 Å². The van der Waals surface area contributed by atoms with Crippen LogP contribution in [0.25, 0.3) is 10.9 Å². The van der Waals surface area contributed by atoms with E-state index in [1.54, 1.807) is 41.7 Å². The quantitative estimate of drug-likeness (QED) is 0.188. The number of fused-ring (bicyclic) bond motifs is 1. The van der Waals surface area contributed by atoms with E-state index in [1.165, 1.54) is 6.07 Å². The first kappa shape index (κ1) is 34.7. The van der Waals surface area contributed by atoms with Crippen molar-refractivity contribution in [1.82, 2.24) is 9.97 Å². The number of aryl methyl sites for hydroxylation is 1. The summed E-state index contributed by atoms with van der Waals surface area (Å²) in [5.41, 5.74) is -0.0955. The standard InChI is InChI=1S/C33H41F3N4O6/c1-18(22-13-23(33(34,35)36)15-24(14-22)40-31(43)46-32(3,4)5)37-29-26-16-25(20-7-9-21(10-8-20)30(41)42)28(45-12-11-44-6)17-27(26)38-19(2)39-29/h13-18,20-21H,7-12H2,1-6H3,(H,40,43)(H,41,42)(H,37,38,39)/t18-,20?,21?/m1/s1. The maximum absolute atomic E-state index is 13.9. The highest BCUT2D eigenvalue weighted by atomic mass is 19.4. The van der Waals surface area contributed by atoms with Crippen LogP contribution in [0.5, 0.6) is 5.75 Å². The fraction of sp³-hybridized carbons (Fsp3) is 0.515. The lowest BCUT2D eigenvalue weighted by atomic mass is 9.78. The van der Waals surface area contributed by atoms with Crippen molar-refractivity contribution in [2.24, 2.45) is 5.92 Å². The van der Waals surface area contributed by atoms with E-state index in [2.05, 4.69) is 20.6 Å². The summed E-state index contributed by atoms with van der Waals surface area (Å²) in [5, 5.41) is 15.8. The van der Waals surface area contributed by atoms with Gasteiger partial charge in [0, 0.05) is 24.2 Å². The van der Waals surface area contributed by atoms with Gasteiger partial charge in [-0.25, -0.2) is 14.8 Å². The predicted molar refractivity (Wildman–Crippen MR) is 167 cm³/mol. The first-order chi connectivity index (χ1) is 21.5. The zero-order chi connectivity index (χ0) is 33.8. The molecule has 4 rings (SSSR count). The highest BCUT2D eigenvalue weighted by molar-refractivity contribution is 5.91. The Labute approximate surface area is 266 Å². The topological polar surface area (TPSA) is 132 Å². The van der Waals surface area contributed by atoms with E-state index >= 15 is 0 Å². The van der Waals surface area contributed by atoms with Gasteiger partial charge in [0.25, 0.3) is 0 Å². The zero-order valence-corrected chi connectivity index (χ0v) is 26.9. The summed E-state index contributed by atoms with van der Waals surface area (Å²) in [7, 11) is 1.58. The Morgan fingerprint density at radius 2 is 1.72 bits per heavy atom. The lowest BCUT2D eigenvalue weighted by Crippen LogP contribution is -2.27. The highest BCUT2D eigenvalue weighted by Crippen LogP contribution is 2.42. The maximum Gasteiger partial charge on any atom is 0.416 e. The Morgan fingerprint density at radius 1 is 1.02 bits per heavy atom. The molecule has 46 heavy (non-hydrogen) atoms. The van der Waals surface area contributed by atoms with Crippen molar-refractivity contribution in [3.63, 3.8) is 0 Å². The molecule has 0 saturated heterocycles. The normalized spacial score (nSPS) is 17.8. The summed E-state index contributed by atoms with van der Waals surface area (Å²) in [6.07, 6.45) is -3.13. The number of hydrogen-bond donors (Lipinski definition) is 3. The molecule has 3 aromatic rings. The molecule has 0 bridgehead atoms. The number of methoxy groups -OCH3 is 1. The summed E-state index contributed by atoms with van der Waals surface area (Å²) in [6.45, 7) is 9.07. The summed E-state index contributed by atoms with van der Waals surface area (Å²) < 4.78 is 58.2. The van der Waals surface area contributed by atoms with Crippen LogP contribution in [-0.4, -0.2) is 53.1 Å².